The van der Waals surface area contributed by atoms with Crippen LogP contribution in [0, 0.1) is 23.6 Å². The number of hydrazone groups is 1. The normalized spacial score (nSPS) is 17.0. The molecule has 1 fully saturated rings. The van der Waals surface area contributed by atoms with Crippen LogP contribution in [0.5, 0.6) is 11.6 Å². The Hall–Kier alpha value is -4.46. The molecule has 1 aromatic carbocycles. The van der Waals surface area contributed by atoms with Crippen molar-refractivity contribution in [1.29, 1.82) is 0 Å². The Balaban J connectivity index is 1.30. The van der Waals surface area contributed by atoms with Gasteiger partial charge in [-0.3, -0.25) is 14.6 Å². The molecule has 11 heteroatoms. The summed E-state index contributed by atoms with van der Waals surface area (Å²) < 4.78 is 21.6. The van der Waals surface area contributed by atoms with E-state index in [1.807, 2.05) is 0 Å². The monoisotopic (exact) mass is 461 g/mol. The van der Waals surface area contributed by atoms with Gasteiger partial charge in [-0.25, -0.2) is 13.9 Å². The summed E-state index contributed by atoms with van der Waals surface area (Å²) >= 11 is 0. The predicted molar refractivity (Wildman–Crippen MR) is 122 cm³/mol. The maximum atomic E-state index is 14.4. The molecule has 5 rings (SSSR count). The van der Waals surface area contributed by atoms with Crippen LogP contribution in [-0.2, 0) is 9.59 Å². The van der Waals surface area contributed by atoms with E-state index in [-0.39, 0.29) is 29.1 Å². The molecule has 1 aliphatic heterocycles. The number of anilines is 2. The van der Waals surface area contributed by atoms with Crippen LogP contribution < -0.4 is 15.4 Å². The molecule has 1 atom stereocenters. The van der Waals surface area contributed by atoms with Gasteiger partial charge in [-0.15, -0.1) is 5.10 Å². The van der Waals surface area contributed by atoms with E-state index < -0.39 is 17.8 Å². The summed E-state index contributed by atoms with van der Waals surface area (Å²) in [5.41, 5.74) is 1.06. The lowest BCUT2D eigenvalue weighted by atomic mass is 10.2. The molecule has 1 aliphatic carbocycles. The highest BCUT2D eigenvalue weighted by Gasteiger charge is 2.30. The van der Waals surface area contributed by atoms with E-state index in [2.05, 4.69) is 37.7 Å². The number of likely N-dealkylation sites (N-methyl/N-ethyl adjacent to an activating group) is 1. The number of carbonyl (C=O) groups excluding carboxylic acids is 2. The molecule has 10 nitrogen and oxygen atoms in total. The summed E-state index contributed by atoms with van der Waals surface area (Å²) in [6.45, 7) is 1.73. The SMILES string of the molecule is CC1=NN(C)C(C(=O)Nc2cc(Oc3ccc4nc(NC(=O)C5CC5)cn4n3)ccc2F)C#C1. The maximum Gasteiger partial charge on any atom is 0.261 e. The van der Waals surface area contributed by atoms with Gasteiger partial charge in [0.1, 0.15) is 17.3 Å². The van der Waals surface area contributed by atoms with E-state index in [4.69, 9.17) is 4.74 Å². The van der Waals surface area contributed by atoms with E-state index in [1.54, 1.807) is 32.3 Å². The molecule has 0 bridgehead atoms. The van der Waals surface area contributed by atoms with E-state index in [1.165, 1.54) is 27.7 Å². The Kier molecular flexibility index (Phi) is 5.33. The fraction of sp³-hybridized carbons (Fsp3) is 0.261. The second kappa shape index (κ2) is 8.47. The van der Waals surface area contributed by atoms with Gasteiger partial charge in [0, 0.05) is 25.1 Å². The topological polar surface area (TPSA) is 113 Å². The highest BCUT2D eigenvalue weighted by molar-refractivity contribution is 6.03. The molecule has 2 aromatic heterocycles. The average Bonchev–Trinajstić information content (AvgIpc) is 3.57. The Bertz CT molecular complexity index is 1400. The van der Waals surface area contributed by atoms with Crippen LogP contribution in [0.15, 0.2) is 41.6 Å². The molecular formula is C23H20FN7O3. The molecular weight excluding hydrogens is 441 g/mol. The van der Waals surface area contributed by atoms with Crippen molar-refractivity contribution >= 4 is 34.7 Å². The summed E-state index contributed by atoms with van der Waals surface area (Å²) in [5.74, 6) is 5.32. The maximum absolute atomic E-state index is 14.4. The molecule has 0 radical (unpaired) electrons. The van der Waals surface area contributed by atoms with Crippen LogP contribution in [0.25, 0.3) is 5.65 Å². The lowest BCUT2D eigenvalue weighted by Crippen LogP contribution is -2.40. The molecule has 34 heavy (non-hydrogen) atoms. The minimum Gasteiger partial charge on any atom is -0.438 e. The third-order valence-corrected chi connectivity index (χ3v) is 5.23. The minimum absolute atomic E-state index is 0.0480. The van der Waals surface area contributed by atoms with Crippen LogP contribution in [0.1, 0.15) is 19.8 Å². The summed E-state index contributed by atoms with van der Waals surface area (Å²) in [6.07, 6.45) is 3.38. The number of imidazole rings is 1. The predicted octanol–water partition coefficient (Wildman–Crippen LogP) is 2.64. The van der Waals surface area contributed by atoms with Gasteiger partial charge in [-0.2, -0.15) is 5.10 Å². The van der Waals surface area contributed by atoms with Crippen LogP contribution in [-0.4, -0.2) is 50.2 Å². The zero-order valence-corrected chi connectivity index (χ0v) is 18.4. The number of amides is 2. The molecule has 3 aromatic rings. The first-order valence-electron chi connectivity index (χ1n) is 10.6. The number of nitrogens with zero attached hydrogens (tertiary/aromatic N) is 5. The van der Waals surface area contributed by atoms with Crippen LogP contribution in [0.2, 0.25) is 0 Å². The third kappa shape index (κ3) is 4.52. The molecule has 172 valence electrons. The largest absolute Gasteiger partial charge is 0.438 e. The smallest absolute Gasteiger partial charge is 0.261 e. The Morgan fingerprint density at radius 1 is 1.18 bits per heavy atom. The van der Waals surface area contributed by atoms with Gasteiger partial charge < -0.3 is 15.4 Å². The number of nitrogens with one attached hydrogen (secondary N) is 2. The first kappa shape index (κ1) is 21.4. The van der Waals surface area contributed by atoms with Crippen LogP contribution in [0.4, 0.5) is 15.9 Å². The Morgan fingerprint density at radius 3 is 2.76 bits per heavy atom. The number of rotatable bonds is 6. The standard InChI is InChI=1S/C23H20FN7O3/c1-13-3-8-18(30(2)28-13)23(33)25-17-11-15(6-7-16(17)24)34-21-10-9-20-26-19(12-31(20)29-21)27-22(32)14-4-5-14/h6-7,9-12,14,18H,4-5H2,1-2H3,(H,25,33)(H,27,32). The summed E-state index contributed by atoms with van der Waals surface area (Å²) in [5, 5.41) is 15.2. The molecule has 1 unspecified atom stereocenters. The number of benzene rings is 1. The lowest BCUT2D eigenvalue weighted by molar-refractivity contribution is -0.119. The van der Waals surface area contributed by atoms with Gasteiger partial charge in [0.25, 0.3) is 5.91 Å². The van der Waals surface area contributed by atoms with Crippen LogP contribution >= 0.6 is 0 Å². The van der Waals surface area contributed by atoms with E-state index >= 15 is 0 Å². The third-order valence-electron chi connectivity index (χ3n) is 5.23. The van der Waals surface area contributed by atoms with Crippen molar-refractivity contribution in [3.63, 3.8) is 0 Å². The van der Waals surface area contributed by atoms with Gasteiger partial charge in [-0.05, 0) is 43.9 Å². The fourth-order valence-corrected chi connectivity index (χ4v) is 3.36. The van der Waals surface area contributed by atoms with Crippen molar-refractivity contribution in [3.05, 3.63) is 42.3 Å². The first-order chi connectivity index (χ1) is 16.4. The van der Waals surface area contributed by atoms with Gasteiger partial charge in [0.2, 0.25) is 11.8 Å². The summed E-state index contributed by atoms with van der Waals surface area (Å²) in [6, 6.07) is 6.41. The molecule has 0 saturated heterocycles. The molecule has 3 heterocycles. The second-order valence-electron chi connectivity index (χ2n) is 8.03. The van der Waals surface area contributed by atoms with E-state index in [9.17, 15) is 14.0 Å². The lowest BCUT2D eigenvalue weighted by Gasteiger charge is -2.22. The Morgan fingerprint density at radius 2 is 2.00 bits per heavy atom. The van der Waals surface area contributed by atoms with Gasteiger partial charge in [-0.1, -0.05) is 5.92 Å². The van der Waals surface area contributed by atoms with Gasteiger partial charge >= 0.3 is 0 Å². The number of hydrogen-bond acceptors (Lipinski definition) is 7. The Labute approximate surface area is 193 Å². The van der Waals surface area contributed by atoms with Crippen molar-refractivity contribution < 1.29 is 18.7 Å². The number of hydrogen-bond donors (Lipinski definition) is 2. The summed E-state index contributed by atoms with van der Waals surface area (Å²) in [7, 11) is 1.62. The molecule has 2 aliphatic rings. The van der Waals surface area contributed by atoms with Crippen LogP contribution in [0.3, 0.4) is 0 Å². The highest BCUT2D eigenvalue weighted by Crippen LogP contribution is 2.30. The van der Waals surface area contributed by atoms with E-state index in [0.29, 0.717) is 17.2 Å². The highest BCUT2D eigenvalue weighted by atomic mass is 19.1. The average molecular weight is 461 g/mol. The fourth-order valence-electron chi connectivity index (χ4n) is 3.36. The number of fused-ring (bicyclic) bond motifs is 1. The zero-order chi connectivity index (χ0) is 23.8. The summed E-state index contributed by atoms with van der Waals surface area (Å²) in [4.78, 5) is 28.9. The number of aromatic nitrogens is 3. The van der Waals surface area contributed by atoms with Crippen molar-refractivity contribution in [1.82, 2.24) is 19.6 Å². The van der Waals surface area contributed by atoms with Crippen molar-refractivity contribution in [2.75, 3.05) is 17.7 Å². The molecule has 0 spiro atoms. The molecule has 2 N–H and O–H groups in total. The van der Waals surface area contributed by atoms with Crippen molar-refractivity contribution in [3.8, 4) is 23.5 Å². The first-order valence-corrected chi connectivity index (χ1v) is 10.6. The number of halogens is 1. The van der Waals surface area contributed by atoms with Gasteiger partial charge in [0.15, 0.2) is 17.5 Å². The van der Waals surface area contributed by atoms with E-state index in [0.717, 1.165) is 12.8 Å². The van der Waals surface area contributed by atoms with Crippen molar-refractivity contribution in [2.45, 2.75) is 25.8 Å². The second-order valence-corrected chi connectivity index (χ2v) is 8.03. The number of ether oxygens (including phenoxy) is 1. The van der Waals surface area contributed by atoms with Crippen molar-refractivity contribution in [2.24, 2.45) is 11.0 Å². The minimum atomic E-state index is -0.840. The molecule has 2 amide bonds. The zero-order valence-electron chi connectivity index (χ0n) is 18.4. The number of carbonyl (C=O) groups is 2. The van der Waals surface area contributed by atoms with Gasteiger partial charge in [0.05, 0.1) is 11.9 Å². The molecule has 1 saturated carbocycles. The quantitative estimate of drug-likeness (QED) is 0.546.